The van der Waals surface area contributed by atoms with Crippen LogP contribution in [0, 0.1) is 5.92 Å². The van der Waals surface area contributed by atoms with Crippen molar-refractivity contribution in [1.82, 2.24) is 20.2 Å². The molecule has 2 aromatic heterocycles. The molecule has 0 saturated carbocycles. The van der Waals surface area contributed by atoms with Gasteiger partial charge in [0.05, 0.1) is 0 Å². The van der Waals surface area contributed by atoms with Crippen molar-refractivity contribution in [3.05, 3.63) is 96.4 Å². The van der Waals surface area contributed by atoms with Gasteiger partial charge in [-0.25, -0.2) is 0 Å². The summed E-state index contributed by atoms with van der Waals surface area (Å²) >= 11 is 0. The molecule has 0 radical (unpaired) electrons. The van der Waals surface area contributed by atoms with E-state index in [0.29, 0.717) is 24.6 Å². The van der Waals surface area contributed by atoms with Crippen LogP contribution in [-0.4, -0.2) is 46.3 Å². The number of rotatable bonds is 7. The Balaban J connectivity index is 1.25. The number of carbonyl (C=O) groups is 2. The van der Waals surface area contributed by atoms with Crippen molar-refractivity contribution in [1.29, 1.82) is 0 Å². The molecule has 3 heterocycles. The number of anilines is 1. The highest BCUT2D eigenvalue weighted by atomic mass is 16.2. The lowest BCUT2D eigenvalue weighted by molar-refractivity contribution is -0.134. The van der Waals surface area contributed by atoms with Crippen molar-refractivity contribution < 1.29 is 9.59 Å². The van der Waals surface area contributed by atoms with Crippen LogP contribution in [0.2, 0.25) is 0 Å². The molecule has 0 bridgehead atoms. The third-order valence-electron chi connectivity index (χ3n) is 6.67. The summed E-state index contributed by atoms with van der Waals surface area (Å²) in [5.74, 6) is 0.163. The molecule has 2 amide bonds. The summed E-state index contributed by atoms with van der Waals surface area (Å²) in [6.07, 6.45) is 7.24. The number of hydrogen-bond acceptors (Lipinski definition) is 4. The van der Waals surface area contributed by atoms with E-state index in [4.69, 9.17) is 0 Å². The molecular weight excluding hydrogens is 438 g/mol. The van der Waals surface area contributed by atoms with E-state index in [-0.39, 0.29) is 11.8 Å². The summed E-state index contributed by atoms with van der Waals surface area (Å²) in [5.41, 5.74) is 3.26. The summed E-state index contributed by atoms with van der Waals surface area (Å²) in [4.78, 5) is 35.8. The van der Waals surface area contributed by atoms with Crippen molar-refractivity contribution in [2.75, 3.05) is 25.0 Å². The van der Waals surface area contributed by atoms with E-state index in [2.05, 4.69) is 20.6 Å². The first kappa shape index (κ1) is 22.7. The lowest BCUT2D eigenvalue weighted by Crippen LogP contribution is -2.46. The van der Waals surface area contributed by atoms with Gasteiger partial charge in [-0.3, -0.25) is 14.6 Å². The smallest absolute Gasteiger partial charge is 0.252 e. The van der Waals surface area contributed by atoms with Crippen molar-refractivity contribution in [3.8, 4) is 0 Å². The molecule has 35 heavy (non-hydrogen) atoms. The largest absolute Gasteiger partial charge is 0.385 e. The highest BCUT2D eigenvalue weighted by Crippen LogP contribution is 2.23. The second-order valence-electron chi connectivity index (χ2n) is 8.98. The Labute approximate surface area is 204 Å². The normalized spacial score (nSPS) is 15.0. The van der Waals surface area contributed by atoms with Crippen LogP contribution in [0.25, 0.3) is 10.9 Å². The van der Waals surface area contributed by atoms with E-state index in [0.717, 1.165) is 41.5 Å². The van der Waals surface area contributed by atoms with Crippen LogP contribution in [0.3, 0.4) is 0 Å². The Hall–Kier alpha value is -4.13. The van der Waals surface area contributed by atoms with Gasteiger partial charge in [-0.15, -0.1) is 0 Å². The van der Waals surface area contributed by atoms with Gasteiger partial charge in [0.2, 0.25) is 5.91 Å². The minimum absolute atomic E-state index is 0.0638. The van der Waals surface area contributed by atoms with Gasteiger partial charge in [0, 0.05) is 55.0 Å². The van der Waals surface area contributed by atoms with Crippen molar-refractivity contribution in [3.63, 3.8) is 0 Å². The van der Waals surface area contributed by atoms with Crippen molar-refractivity contribution in [2.24, 2.45) is 5.92 Å². The van der Waals surface area contributed by atoms with Gasteiger partial charge in [0.25, 0.3) is 5.91 Å². The van der Waals surface area contributed by atoms with E-state index >= 15 is 0 Å². The van der Waals surface area contributed by atoms with E-state index in [1.807, 2.05) is 71.8 Å². The third kappa shape index (κ3) is 5.35. The van der Waals surface area contributed by atoms with Gasteiger partial charge in [0.15, 0.2) is 0 Å². The first-order valence-electron chi connectivity index (χ1n) is 12.0. The first-order valence-corrected chi connectivity index (χ1v) is 12.0. The van der Waals surface area contributed by atoms with Crippen LogP contribution in [0.4, 0.5) is 5.69 Å². The fraction of sp³-hybridized carbons (Fsp3) is 0.250. The molecule has 7 heteroatoms. The number of aromatic nitrogens is 2. The predicted molar refractivity (Wildman–Crippen MR) is 137 cm³/mol. The first-order chi connectivity index (χ1) is 17.2. The summed E-state index contributed by atoms with van der Waals surface area (Å²) in [6, 6.07) is 20.1. The number of carbonyl (C=O) groups excluding carboxylic acids is 2. The molecule has 2 aromatic carbocycles. The highest BCUT2D eigenvalue weighted by molar-refractivity contribution is 6.00. The monoisotopic (exact) mass is 467 g/mol. The number of H-pyrrole nitrogens is 1. The number of fused-ring (bicyclic) bond motifs is 1. The van der Waals surface area contributed by atoms with Gasteiger partial charge in [-0.1, -0.05) is 36.4 Å². The van der Waals surface area contributed by atoms with Gasteiger partial charge >= 0.3 is 0 Å². The average Bonchev–Trinajstić information content (AvgIpc) is 3.39. The zero-order valence-corrected chi connectivity index (χ0v) is 19.5. The number of amides is 2. The summed E-state index contributed by atoms with van der Waals surface area (Å²) < 4.78 is 0. The number of benzene rings is 2. The Morgan fingerprint density at radius 3 is 2.54 bits per heavy atom. The number of hydrogen-bond donors (Lipinski definition) is 3. The molecule has 5 rings (SSSR count). The maximum absolute atomic E-state index is 13.6. The molecule has 1 aliphatic heterocycles. The van der Waals surface area contributed by atoms with Crippen LogP contribution in [-0.2, 0) is 4.79 Å². The van der Waals surface area contributed by atoms with Crippen LogP contribution >= 0.6 is 0 Å². The van der Waals surface area contributed by atoms with E-state index in [9.17, 15) is 9.59 Å². The number of piperidine rings is 1. The molecule has 1 aliphatic rings. The summed E-state index contributed by atoms with van der Waals surface area (Å²) in [6.45, 7) is 2.22. The van der Waals surface area contributed by atoms with Crippen molar-refractivity contribution >= 4 is 28.4 Å². The average molecular weight is 468 g/mol. The molecule has 7 nitrogen and oxygen atoms in total. The molecular formula is C28H29N5O2. The fourth-order valence-electron chi connectivity index (χ4n) is 4.61. The summed E-state index contributed by atoms with van der Waals surface area (Å²) in [7, 11) is 0. The van der Waals surface area contributed by atoms with E-state index in [1.54, 1.807) is 18.5 Å². The number of nitrogens with zero attached hydrogens (tertiary/aromatic N) is 2. The SMILES string of the molecule is O=C(N[C@@H](C(=O)N1CCC(CNc2ccncc2)CC1)c1ccccc1)c1ccc2cc[nH]c2c1. The number of aromatic amines is 1. The van der Waals surface area contributed by atoms with Gasteiger partial charge in [-0.05, 0) is 60.0 Å². The molecule has 0 aliphatic carbocycles. The maximum Gasteiger partial charge on any atom is 0.252 e. The second kappa shape index (κ2) is 10.4. The highest BCUT2D eigenvalue weighted by Gasteiger charge is 2.30. The number of nitrogens with one attached hydrogen (secondary N) is 3. The van der Waals surface area contributed by atoms with Crippen LogP contribution in [0.1, 0.15) is 34.8 Å². The van der Waals surface area contributed by atoms with Crippen LogP contribution in [0.15, 0.2) is 85.3 Å². The number of pyridine rings is 1. The zero-order chi connectivity index (χ0) is 24.0. The molecule has 4 aromatic rings. The van der Waals surface area contributed by atoms with Crippen LogP contribution in [0.5, 0.6) is 0 Å². The van der Waals surface area contributed by atoms with Gasteiger partial charge in [0.1, 0.15) is 6.04 Å². The Morgan fingerprint density at radius 2 is 1.77 bits per heavy atom. The fourth-order valence-corrected chi connectivity index (χ4v) is 4.61. The van der Waals surface area contributed by atoms with Crippen LogP contribution < -0.4 is 10.6 Å². The van der Waals surface area contributed by atoms with E-state index in [1.165, 1.54) is 0 Å². The molecule has 178 valence electrons. The Morgan fingerprint density at radius 1 is 1.00 bits per heavy atom. The third-order valence-corrected chi connectivity index (χ3v) is 6.67. The molecule has 0 spiro atoms. The minimum Gasteiger partial charge on any atom is -0.385 e. The maximum atomic E-state index is 13.6. The lowest BCUT2D eigenvalue weighted by atomic mass is 9.95. The minimum atomic E-state index is -0.727. The lowest BCUT2D eigenvalue weighted by Gasteiger charge is -2.34. The molecule has 3 N–H and O–H groups in total. The molecule has 0 unspecified atom stereocenters. The quantitative estimate of drug-likeness (QED) is 0.376. The molecule has 1 fully saturated rings. The summed E-state index contributed by atoms with van der Waals surface area (Å²) in [5, 5.41) is 7.50. The Bertz CT molecular complexity index is 1280. The van der Waals surface area contributed by atoms with Gasteiger partial charge in [-0.2, -0.15) is 0 Å². The number of likely N-dealkylation sites (tertiary alicyclic amines) is 1. The standard InChI is InChI=1S/C28H29N5O2/c34-27(23-7-6-21-8-15-30-25(21)18-23)32-26(22-4-2-1-3-5-22)28(35)33-16-11-20(12-17-33)19-31-24-9-13-29-14-10-24/h1-10,13-15,18,20,26,30H,11-12,16-17,19H2,(H,29,31)(H,32,34)/t26-/m1/s1. The molecule has 1 saturated heterocycles. The Kier molecular flexibility index (Phi) is 6.75. The predicted octanol–water partition coefficient (Wildman–Crippen LogP) is 4.38. The van der Waals surface area contributed by atoms with Crippen molar-refractivity contribution in [2.45, 2.75) is 18.9 Å². The van der Waals surface area contributed by atoms with Gasteiger partial charge < -0.3 is 20.5 Å². The van der Waals surface area contributed by atoms with E-state index < -0.39 is 6.04 Å². The zero-order valence-electron chi connectivity index (χ0n) is 19.5. The molecule has 1 atom stereocenters. The second-order valence-corrected chi connectivity index (χ2v) is 8.98. The topological polar surface area (TPSA) is 90.1 Å².